The molecule has 1 fully saturated rings. The van der Waals surface area contributed by atoms with E-state index in [0.717, 1.165) is 6.07 Å². The molecule has 1 aliphatic heterocycles. The van der Waals surface area contributed by atoms with Crippen LogP contribution in [0.4, 0.5) is 13.2 Å². The normalized spacial score (nSPS) is 25.2. The standard InChI is InChI=1S/C12H13F3O2/c13-12(14,15)10-4-2-1-3-9(10)11-6-5-8(7-16)17-11/h1-4,8,11,16H,5-7H2/t8-,11+/m0/s1. The molecule has 1 N–H and O–H groups in total. The Hall–Kier alpha value is -1.07. The number of rotatable bonds is 2. The predicted octanol–water partition coefficient (Wildman–Crippen LogP) is 2.92. The van der Waals surface area contributed by atoms with E-state index in [-0.39, 0.29) is 18.3 Å². The lowest BCUT2D eigenvalue weighted by molar-refractivity contribution is -0.139. The second-order valence-corrected chi connectivity index (χ2v) is 4.09. The average molecular weight is 246 g/mol. The monoisotopic (exact) mass is 246 g/mol. The van der Waals surface area contributed by atoms with Gasteiger partial charge in [-0.2, -0.15) is 13.2 Å². The summed E-state index contributed by atoms with van der Waals surface area (Å²) in [5.41, 5.74) is -0.487. The third-order valence-corrected chi connectivity index (χ3v) is 2.92. The smallest absolute Gasteiger partial charge is 0.394 e. The fraction of sp³-hybridized carbons (Fsp3) is 0.500. The maximum Gasteiger partial charge on any atom is 0.416 e. The van der Waals surface area contributed by atoms with Crippen molar-refractivity contribution < 1.29 is 23.0 Å². The third-order valence-electron chi connectivity index (χ3n) is 2.92. The Bertz CT molecular complexity index is 390. The molecule has 0 spiro atoms. The van der Waals surface area contributed by atoms with Crippen molar-refractivity contribution in [2.75, 3.05) is 6.61 Å². The molecule has 0 saturated carbocycles. The first-order valence-electron chi connectivity index (χ1n) is 5.45. The highest BCUT2D eigenvalue weighted by atomic mass is 19.4. The van der Waals surface area contributed by atoms with Gasteiger partial charge in [-0.15, -0.1) is 0 Å². The first-order valence-corrected chi connectivity index (χ1v) is 5.45. The SMILES string of the molecule is OC[C@@H]1CC[C@H](c2ccccc2C(F)(F)F)O1. The van der Waals surface area contributed by atoms with Crippen molar-refractivity contribution in [1.29, 1.82) is 0 Å². The van der Waals surface area contributed by atoms with Gasteiger partial charge in [0.15, 0.2) is 0 Å². The molecule has 1 heterocycles. The first kappa shape index (κ1) is 12.4. The zero-order valence-corrected chi connectivity index (χ0v) is 9.07. The lowest BCUT2D eigenvalue weighted by atomic mass is 10.00. The van der Waals surface area contributed by atoms with Crippen molar-refractivity contribution in [3.63, 3.8) is 0 Å². The Kier molecular flexibility index (Phi) is 3.40. The summed E-state index contributed by atoms with van der Waals surface area (Å²) in [6, 6.07) is 5.43. The van der Waals surface area contributed by atoms with Crippen LogP contribution in [-0.2, 0) is 10.9 Å². The molecule has 0 unspecified atom stereocenters. The van der Waals surface area contributed by atoms with Gasteiger partial charge in [-0.3, -0.25) is 0 Å². The van der Waals surface area contributed by atoms with Gasteiger partial charge in [0, 0.05) is 0 Å². The van der Waals surface area contributed by atoms with Crippen molar-refractivity contribution in [3.05, 3.63) is 35.4 Å². The van der Waals surface area contributed by atoms with Crippen molar-refractivity contribution in [2.45, 2.75) is 31.2 Å². The average Bonchev–Trinajstić information content (AvgIpc) is 2.76. The summed E-state index contributed by atoms with van der Waals surface area (Å²) in [5, 5.41) is 8.91. The summed E-state index contributed by atoms with van der Waals surface area (Å²) in [6.45, 7) is -0.148. The Labute approximate surface area is 97.0 Å². The predicted molar refractivity (Wildman–Crippen MR) is 55.4 cm³/mol. The lowest BCUT2D eigenvalue weighted by Crippen LogP contribution is -2.14. The van der Waals surface area contributed by atoms with Gasteiger partial charge in [0.1, 0.15) is 0 Å². The van der Waals surface area contributed by atoms with Crippen LogP contribution in [0.1, 0.15) is 30.1 Å². The van der Waals surface area contributed by atoms with E-state index < -0.39 is 17.8 Å². The van der Waals surface area contributed by atoms with Crippen molar-refractivity contribution in [3.8, 4) is 0 Å². The maximum atomic E-state index is 12.8. The highest BCUT2D eigenvalue weighted by Gasteiger charge is 2.37. The van der Waals surface area contributed by atoms with Gasteiger partial charge in [0.05, 0.1) is 24.4 Å². The van der Waals surface area contributed by atoms with Gasteiger partial charge in [0.2, 0.25) is 0 Å². The van der Waals surface area contributed by atoms with E-state index in [1.807, 2.05) is 0 Å². The van der Waals surface area contributed by atoms with E-state index in [0.29, 0.717) is 12.8 Å². The van der Waals surface area contributed by atoms with Crippen LogP contribution in [0.15, 0.2) is 24.3 Å². The van der Waals surface area contributed by atoms with Gasteiger partial charge >= 0.3 is 6.18 Å². The van der Waals surface area contributed by atoms with E-state index in [1.165, 1.54) is 12.1 Å². The molecule has 1 aromatic rings. The molecule has 1 aromatic carbocycles. The molecule has 0 amide bonds. The van der Waals surface area contributed by atoms with Gasteiger partial charge in [-0.1, -0.05) is 18.2 Å². The van der Waals surface area contributed by atoms with E-state index in [4.69, 9.17) is 9.84 Å². The molecule has 94 valence electrons. The van der Waals surface area contributed by atoms with E-state index in [9.17, 15) is 13.2 Å². The third kappa shape index (κ3) is 2.61. The molecule has 0 aromatic heterocycles. The van der Waals surface area contributed by atoms with E-state index in [1.54, 1.807) is 6.07 Å². The molecular weight excluding hydrogens is 233 g/mol. The summed E-state index contributed by atoms with van der Waals surface area (Å²) in [6.07, 6.45) is -4.17. The largest absolute Gasteiger partial charge is 0.416 e. The Morgan fingerprint density at radius 3 is 2.53 bits per heavy atom. The highest BCUT2D eigenvalue weighted by Crippen LogP contribution is 2.40. The molecule has 0 radical (unpaired) electrons. The second kappa shape index (κ2) is 4.66. The molecule has 5 heteroatoms. The number of alkyl halides is 3. The molecule has 0 aliphatic carbocycles. The summed E-state index contributed by atoms with van der Waals surface area (Å²) in [7, 11) is 0. The summed E-state index contributed by atoms with van der Waals surface area (Å²) < 4.78 is 43.7. The molecule has 1 saturated heterocycles. The summed E-state index contributed by atoms with van der Waals surface area (Å²) in [5.74, 6) is 0. The molecule has 2 rings (SSSR count). The number of halogens is 3. The van der Waals surface area contributed by atoms with Gasteiger partial charge in [-0.05, 0) is 24.5 Å². The van der Waals surface area contributed by atoms with Crippen molar-refractivity contribution in [1.82, 2.24) is 0 Å². The van der Waals surface area contributed by atoms with Crippen molar-refractivity contribution in [2.24, 2.45) is 0 Å². The first-order chi connectivity index (χ1) is 8.02. The number of aliphatic hydroxyl groups is 1. The minimum Gasteiger partial charge on any atom is -0.394 e. The number of ether oxygens (including phenoxy) is 1. The maximum absolute atomic E-state index is 12.8. The quantitative estimate of drug-likeness (QED) is 0.869. The highest BCUT2D eigenvalue weighted by molar-refractivity contribution is 5.32. The van der Waals surface area contributed by atoms with Crippen LogP contribution in [0.5, 0.6) is 0 Å². The fourth-order valence-corrected chi connectivity index (χ4v) is 2.10. The van der Waals surface area contributed by atoms with Crippen LogP contribution < -0.4 is 0 Å². The number of aliphatic hydroxyl groups excluding tert-OH is 1. The molecular formula is C12H13F3O2. The van der Waals surface area contributed by atoms with Crippen molar-refractivity contribution >= 4 is 0 Å². The molecule has 0 bridgehead atoms. The zero-order chi connectivity index (χ0) is 12.5. The van der Waals surface area contributed by atoms with E-state index in [2.05, 4.69) is 0 Å². The van der Waals surface area contributed by atoms with Crippen LogP contribution >= 0.6 is 0 Å². The topological polar surface area (TPSA) is 29.5 Å². The van der Waals surface area contributed by atoms with Gasteiger partial charge in [0.25, 0.3) is 0 Å². The Morgan fingerprint density at radius 1 is 1.24 bits per heavy atom. The van der Waals surface area contributed by atoms with Crippen LogP contribution in [-0.4, -0.2) is 17.8 Å². The lowest BCUT2D eigenvalue weighted by Gasteiger charge is -2.18. The van der Waals surface area contributed by atoms with Gasteiger partial charge in [-0.25, -0.2) is 0 Å². The summed E-state index contributed by atoms with van der Waals surface area (Å²) >= 11 is 0. The Morgan fingerprint density at radius 2 is 1.94 bits per heavy atom. The number of benzene rings is 1. The summed E-state index contributed by atoms with van der Waals surface area (Å²) in [4.78, 5) is 0. The molecule has 2 atom stereocenters. The minimum absolute atomic E-state index is 0.148. The second-order valence-electron chi connectivity index (χ2n) is 4.09. The molecule has 1 aliphatic rings. The number of hydrogen-bond donors (Lipinski definition) is 1. The van der Waals surface area contributed by atoms with Crippen LogP contribution in [0.2, 0.25) is 0 Å². The van der Waals surface area contributed by atoms with Crippen LogP contribution in [0.3, 0.4) is 0 Å². The molecule has 17 heavy (non-hydrogen) atoms. The van der Waals surface area contributed by atoms with E-state index >= 15 is 0 Å². The molecule has 2 nitrogen and oxygen atoms in total. The fourth-order valence-electron chi connectivity index (χ4n) is 2.10. The zero-order valence-electron chi connectivity index (χ0n) is 9.07. The Balaban J connectivity index is 2.27. The van der Waals surface area contributed by atoms with Crippen LogP contribution in [0.25, 0.3) is 0 Å². The van der Waals surface area contributed by atoms with Crippen LogP contribution in [0, 0.1) is 0 Å². The minimum atomic E-state index is -4.36. The number of hydrogen-bond acceptors (Lipinski definition) is 2. The van der Waals surface area contributed by atoms with Gasteiger partial charge < -0.3 is 9.84 Å².